The summed E-state index contributed by atoms with van der Waals surface area (Å²) in [6, 6.07) is 0. The van der Waals surface area contributed by atoms with Crippen molar-refractivity contribution in [3.63, 3.8) is 0 Å². The third-order valence-electron chi connectivity index (χ3n) is 2.48. The Kier molecular flexibility index (Phi) is 3.30. The molecule has 3 unspecified atom stereocenters. The summed E-state index contributed by atoms with van der Waals surface area (Å²) < 4.78 is 4.80. The lowest BCUT2D eigenvalue weighted by Crippen LogP contribution is -2.20. The second-order valence-electron chi connectivity index (χ2n) is 3.25. The monoisotopic (exact) mass is 160 g/mol. The van der Waals surface area contributed by atoms with E-state index in [9.17, 15) is 5.11 Å². The van der Waals surface area contributed by atoms with Gasteiger partial charge in [0.25, 0.3) is 0 Å². The van der Waals surface area contributed by atoms with E-state index in [2.05, 4.69) is 0 Å². The van der Waals surface area contributed by atoms with Gasteiger partial charge in [-0.15, -0.1) is 0 Å². The van der Waals surface area contributed by atoms with E-state index in [0.29, 0.717) is 5.92 Å². The van der Waals surface area contributed by atoms with E-state index < -0.39 is 6.29 Å². The van der Waals surface area contributed by atoms with E-state index >= 15 is 0 Å². The van der Waals surface area contributed by atoms with Crippen molar-refractivity contribution in [1.82, 2.24) is 0 Å². The van der Waals surface area contributed by atoms with Crippen molar-refractivity contribution >= 4 is 0 Å². The third kappa shape index (κ3) is 2.15. The van der Waals surface area contributed by atoms with Gasteiger partial charge in [0, 0.05) is 19.6 Å². The van der Waals surface area contributed by atoms with Gasteiger partial charge in [-0.05, 0) is 25.2 Å². The van der Waals surface area contributed by atoms with E-state index in [-0.39, 0.29) is 12.5 Å². The number of hydrogen-bond acceptors (Lipinski definition) is 3. The smallest absolute Gasteiger partial charge is 0.156 e. The number of aliphatic hydroxyl groups excluding tert-OH is 2. The quantitative estimate of drug-likeness (QED) is 0.586. The zero-order valence-electron chi connectivity index (χ0n) is 6.86. The van der Waals surface area contributed by atoms with Crippen LogP contribution in [-0.2, 0) is 4.74 Å². The molecule has 1 fully saturated rings. The standard InChI is InChI=1S/C8H16O3/c1-11-8(10)7-3-2-6(4-7)5-9/h6-10H,2-5H2,1H3. The van der Waals surface area contributed by atoms with Crippen LogP contribution in [0.1, 0.15) is 19.3 Å². The summed E-state index contributed by atoms with van der Waals surface area (Å²) in [6.07, 6.45) is 2.25. The SMILES string of the molecule is COC(O)C1CCC(CO)C1. The minimum Gasteiger partial charge on any atom is -0.396 e. The van der Waals surface area contributed by atoms with Crippen LogP contribution in [0.3, 0.4) is 0 Å². The topological polar surface area (TPSA) is 49.7 Å². The predicted molar refractivity (Wildman–Crippen MR) is 40.9 cm³/mol. The van der Waals surface area contributed by atoms with Gasteiger partial charge in [0.05, 0.1) is 0 Å². The summed E-state index contributed by atoms with van der Waals surface area (Å²) in [7, 11) is 1.51. The molecule has 0 amide bonds. The molecule has 2 N–H and O–H groups in total. The largest absolute Gasteiger partial charge is 0.396 e. The summed E-state index contributed by atoms with van der Waals surface area (Å²) in [5.41, 5.74) is 0. The van der Waals surface area contributed by atoms with Gasteiger partial charge in [-0.25, -0.2) is 0 Å². The number of ether oxygens (including phenoxy) is 1. The maximum absolute atomic E-state index is 9.27. The van der Waals surface area contributed by atoms with Gasteiger partial charge in [-0.3, -0.25) is 0 Å². The Labute approximate surface area is 67.0 Å². The number of methoxy groups -OCH3 is 1. The molecule has 0 spiro atoms. The van der Waals surface area contributed by atoms with Gasteiger partial charge in [-0.2, -0.15) is 0 Å². The highest BCUT2D eigenvalue weighted by Crippen LogP contribution is 2.32. The number of rotatable bonds is 3. The van der Waals surface area contributed by atoms with Crippen molar-refractivity contribution in [2.24, 2.45) is 11.8 Å². The van der Waals surface area contributed by atoms with E-state index in [1.807, 2.05) is 0 Å². The van der Waals surface area contributed by atoms with Crippen molar-refractivity contribution in [3.8, 4) is 0 Å². The Morgan fingerprint density at radius 2 is 2.27 bits per heavy atom. The fourth-order valence-corrected chi connectivity index (χ4v) is 1.73. The van der Waals surface area contributed by atoms with Gasteiger partial charge < -0.3 is 14.9 Å². The van der Waals surface area contributed by atoms with Crippen molar-refractivity contribution in [1.29, 1.82) is 0 Å². The maximum atomic E-state index is 9.27. The highest BCUT2D eigenvalue weighted by atomic mass is 16.6. The summed E-state index contributed by atoms with van der Waals surface area (Å²) in [5.74, 6) is 0.613. The molecule has 3 atom stereocenters. The van der Waals surface area contributed by atoms with Gasteiger partial charge in [0.2, 0.25) is 0 Å². The molecule has 0 aromatic rings. The minimum absolute atomic E-state index is 0.233. The summed E-state index contributed by atoms with van der Waals surface area (Å²) in [5, 5.41) is 18.1. The molecule has 66 valence electrons. The Morgan fingerprint density at radius 1 is 1.55 bits per heavy atom. The van der Waals surface area contributed by atoms with E-state index in [4.69, 9.17) is 9.84 Å². The first-order valence-corrected chi connectivity index (χ1v) is 4.09. The van der Waals surface area contributed by atoms with Gasteiger partial charge in [0.1, 0.15) is 0 Å². The molecule has 1 aliphatic carbocycles. The van der Waals surface area contributed by atoms with Crippen LogP contribution >= 0.6 is 0 Å². The Hall–Kier alpha value is -0.120. The first-order valence-electron chi connectivity index (χ1n) is 4.09. The van der Waals surface area contributed by atoms with E-state index in [0.717, 1.165) is 19.3 Å². The van der Waals surface area contributed by atoms with Crippen molar-refractivity contribution in [2.75, 3.05) is 13.7 Å². The summed E-state index contributed by atoms with van der Waals surface area (Å²) in [6.45, 7) is 0.243. The molecule has 0 radical (unpaired) electrons. The molecular weight excluding hydrogens is 144 g/mol. The van der Waals surface area contributed by atoms with Crippen LogP contribution in [0.5, 0.6) is 0 Å². The Bertz CT molecular complexity index is 116. The van der Waals surface area contributed by atoms with Gasteiger partial charge in [0.15, 0.2) is 6.29 Å². The molecule has 0 aromatic heterocycles. The molecule has 1 saturated carbocycles. The van der Waals surface area contributed by atoms with Crippen molar-refractivity contribution in [2.45, 2.75) is 25.6 Å². The highest BCUT2D eigenvalue weighted by Gasteiger charge is 2.29. The normalized spacial score (nSPS) is 34.1. The molecule has 0 bridgehead atoms. The van der Waals surface area contributed by atoms with Crippen molar-refractivity contribution in [3.05, 3.63) is 0 Å². The Balaban J connectivity index is 2.29. The average molecular weight is 160 g/mol. The van der Waals surface area contributed by atoms with E-state index in [1.165, 1.54) is 7.11 Å². The van der Waals surface area contributed by atoms with Crippen LogP contribution in [0, 0.1) is 11.8 Å². The molecule has 0 aliphatic heterocycles. The van der Waals surface area contributed by atoms with Crippen LogP contribution in [0.25, 0.3) is 0 Å². The van der Waals surface area contributed by atoms with Crippen LogP contribution < -0.4 is 0 Å². The average Bonchev–Trinajstić information content (AvgIpc) is 2.50. The van der Waals surface area contributed by atoms with Crippen LogP contribution in [0.4, 0.5) is 0 Å². The third-order valence-corrected chi connectivity index (χ3v) is 2.48. The van der Waals surface area contributed by atoms with Crippen molar-refractivity contribution < 1.29 is 14.9 Å². The summed E-state index contributed by atoms with van der Waals surface area (Å²) >= 11 is 0. The van der Waals surface area contributed by atoms with Gasteiger partial charge >= 0.3 is 0 Å². The van der Waals surface area contributed by atoms with Crippen LogP contribution in [0.15, 0.2) is 0 Å². The minimum atomic E-state index is -0.633. The molecule has 11 heavy (non-hydrogen) atoms. The number of hydrogen-bond donors (Lipinski definition) is 2. The molecule has 0 heterocycles. The fraction of sp³-hybridized carbons (Fsp3) is 1.00. The molecule has 3 nitrogen and oxygen atoms in total. The lowest BCUT2D eigenvalue weighted by molar-refractivity contribution is -0.111. The van der Waals surface area contributed by atoms with E-state index in [1.54, 1.807) is 0 Å². The summed E-state index contributed by atoms with van der Waals surface area (Å²) in [4.78, 5) is 0. The molecular formula is C8H16O3. The van der Waals surface area contributed by atoms with Crippen LogP contribution in [-0.4, -0.2) is 30.2 Å². The second-order valence-corrected chi connectivity index (χ2v) is 3.25. The maximum Gasteiger partial charge on any atom is 0.156 e. The second kappa shape index (κ2) is 4.04. The molecule has 0 saturated heterocycles. The first kappa shape index (κ1) is 8.97. The highest BCUT2D eigenvalue weighted by molar-refractivity contribution is 4.76. The lowest BCUT2D eigenvalue weighted by atomic mass is 10.1. The Morgan fingerprint density at radius 3 is 2.73 bits per heavy atom. The first-order chi connectivity index (χ1) is 5.27. The van der Waals surface area contributed by atoms with Gasteiger partial charge in [-0.1, -0.05) is 0 Å². The lowest BCUT2D eigenvalue weighted by Gasteiger charge is -2.15. The predicted octanol–water partition coefficient (Wildman–Crippen LogP) is 0.360. The molecule has 1 aliphatic rings. The number of aliphatic hydroxyl groups is 2. The van der Waals surface area contributed by atoms with Crippen LogP contribution in [0.2, 0.25) is 0 Å². The fourth-order valence-electron chi connectivity index (χ4n) is 1.73. The zero-order valence-corrected chi connectivity index (χ0v) is 6.86. The molecule has 1 rings (SSSR count). The molecule has 3 heteroatoms. The molecule has 0 aromatic carbocycles. The zero-order chi connectivity index (χ0) is 8.27.